The number of nitrogens with one attached hydrogen (secondary N) is 1. The first kappa shape index (κ1) is 21.2. The minimum Gasteiger partial charge on any atom is -0.472 e. The average molecular weight is 419 g/mol. The summed E-state index contributed by atoms with van der Waals surface area (Å²) < 4.78 is 55.9. The van der Waals surface area contributed by atoms with Gasteiger partial charge < -0.3 is 10.1 Å². The van der Waals surface area contributed by atoms with Crippen LogP contribution in [-0.2, 0) is 13.2 Å². The normalized spacial score (nSPS) is 12.3. The van der Waals surface area contributed by atoms with Crippen LogP contribution < -0.4 is 10.1 Å². The van der Waals surface area contributed by atoms with Crippen LogP contribution in [0.3, 0.4) is 0 Å². The van der Waals surface area contributed by atoms with Crippen LogP contribution in [0, 0.1) is 0 Å². The molecule has 1 aromatic heterocycles. The third-order valence-corrected chi connectivity index (χ3v) is 4.10. The van der Waals surface area contributed by atoms with Gasteiger partial charge >= 0.3 is 6.18 Å². The quantitative estimate of drug-likeness (QED) is 0.571. The van der Waals surface area contributed by atoms with E-state index in [1.807, 2.05) is 30.3 Å². The first-order chi connectivity index (χ1) is 14.3. The van der Waals surface area contributed by atoms with Gasteiger partial charge in [-0.25, -0.2) is 14.4 Å². The zero-order valence-corrected chi connectivity index (χ0v) is 15.6. The lowest BCUT2D eigenvalue weighted by Crippen LogP contribution is -2.24. The summed E-state index contributed by atoms with van der Waals surface area (Å²) in [7, 11) is 0. The van der Waals surface area contributed by atoms with E-state index in [1.54, 1.807) is 0 Å². The van der Waals surface area contributed by atoms with Gasteiger partial charge in [-0.05, 0) is 16.7 Å². The van der Waals surface area contributed by atoms with Crippen molar-refractivity contribution in [1.82, 2.24) is 15.3 Å². The van der Waals surface area contributed by atoms with E-state index in [-0.39, 0.29) is 18.1 Å². The van der Waals surface area contributed by atoms with E-state index in [9.17, 15) is 22.4 Å². The fraction of sp³-hybridized carbons (Fsp3) is 0.190. The van der Waals surface area contributed by atoms with Crippen LogP contribution in [-0.4, -0.2) is 22.1 Å². The molecule has 0 saturated heterocycles. The smallest absolute Gasteiger partial charge is 0.423 e. The SMILES string of the molecule is O=C(NCc1ccc(C(F)C(F)(F)F)cc1)c1cnc(OCc2ccccc2)cn1. The molecule has 0 aliphatic heterocycles. The molecule has 3 rings (SSSR count). The zero-order chi connectivity index (χ0) is 21.6. The summed E-state index contributed by atoms with van der Waals surface area (Å²) in [6, 6.07) is 14.2. The van der Waals surface area contributed by atoms with E-state index in [1.165, 1.54) is 24.5 Å². The molecule has 1 heterocycles. The molecule has 0 spiro atoms. The molecule has 0 aliphatic carbocycles. The fourth-order valence-electron chi connectivity index (χ4n) is 2.51. The number of halogens is 4. The van der Waals surface area contributed by atoms with Gasteiger partial charge in [0.15, 0.2) is 0 Å². The van der Waals surface area contributed by atoms with Crippen LogP contribution in [0.2, 0.25) is 0 Å². The predicted octanol–water partition coefficient (Wildman–Crippen LogP) is 4.56. The second-order valence-corrected chi connectivity index (χ2v) is 6.34. The molecule has 30 heavy (non-hydrogen) atoms. The van der Waals surface area contributed by atoms with Crippen LogP contribution in [0.25, 0.3) is 0 Å². The summed E-state index contributed by atoms with van der Waals surface area (Å²) in [6.45, 7) is 0.348. The number of rotatable bonds is 7. The maximum Gasteiger partial charge on any atom is 0.423 e. The van der Waals surface area contributed by atoms with Crippen molar-refractivity contribution in [3.8, 4) is 5.88 Å². The number of benzene rings is 2. The molecule has 1 amide bonds. The Morgan fingerprint density at radius 2 is 1.67 bits per heavy atom. The van der Waals surface area contributed by atoms with Crippen molar-refractivity contribution >= 4 is 5.91 Å². The number of hydrogen-bond acceptors (Lipinski definition) is 4. The van der Waals surface area contributed by atoms with Gasteiger partial charge in [-0.3, -0.25) is 4.79 Å². The van der Waals surface area contributed by atoms with Gasteiger partial charge in [0.05, 0.1) is 12.4 Å². The Balaban J connectivity index is 1.51. The Kier molecular flexibility index (Phi) is 6.61. The highest BCUT2D eigenvalue weighted by molar-refractivity contribution is 5.91. The number of alkyl halides is 4. The maximum absolute atomic E-state index is 13.3. The minimum absolute atomic E-state index is 0.0377. The molecule has 2 aromatic carbocycles. The summed E-state index contributed by atoms with van der Waals surface area (Å²) in [5.74, 6) is -0.253. The van der Waals surface area contributed by atoms with E-state index < -0.39 is 23.8 Å². The number of hydrogen-bond donors (Lipinski definition) is 1. The molecule has 1 N–H and O–H groups in total. The second-order valence-electron chi connectivity index (χ2n) is 6.34. The van der Waals surface area contributed by atoms with Gasteiger partial charge in [0.25, 0.3) is 5.91 Å². The van der Waals surface area contributed by atoms with Crippen molar-refractivity contribution in [2.45, 2.75) is 25.5 Å². The van der Waals surface area contributed by atoms with Crippen molar-refractivity contribution in [2.75, 3.05) is 0 Å². The van der Waals surface area contributed by atoms with Gasteiger partial charge in [0.2, 0.25) is 12.1 Å². The molecule has 0 fully saturated rings. The summed E-state index contributed by atoms with van der Waals surface area (Å²) in [5, 5.41) is 2.57. The minimum atomic E-state index is -4.95. The monoisotopic (exact) mass is 419 g/mol. The standard InChI is InChI=1S/C21H17F4N3O2/c22-19(21(23,24)25)16-8-6-14(7-9-16)10-28-20(29)17-11-27-18(12-26-17)30-13-15-4-2-1-3-5-15/h1-9,11-12,19H,10,13H2,(H,28,29). The Morgan fingerprint density at radius 1 is 0.967 bits per heavy atom. The molecular formula is C21H17F4N3O2. The highest BCUT2D eigenvalue weighted by Crippen LogP contribution is 2.35. The van der Waals surface area contributed by atoms with Crippen LogP contribution in [0.4, 0.5) is 17.6 Å². The number of nitrogens with zero attached hydrogens (tertiary/aromatic N) is 2. The topological polar surface area (TPSA) is 64.1 Å². The maximum atomic E-state index is 13.3. The van der Waals surface area contributed by atoms with Gasteiger partial charge in [0.1, 0.15) is 12.3 Å². The van der Waals surface area contributed by atoms with E-state index in [4.69, 9.17) is 4.74 Å². The molecule has 5 nitrogen and oxygen atoms in total. The third kappa shape index (κ3) is 5.76. The van der Waals surface area contributed by atoms with E-state index >= 15 is 0 Å². The Morgan fingerprint density at radius 3 is 2.27 bits per heavy atom. The summed E-state index contributed by atoms with van der Waals surface area (Å²) in [4.78, 5) is 20.2. The number of aromatic nitrogens is 2. The van der Waals surface area contributed by atoms with E-state index in [0.717, 1.165) is 17.7 Å². The largest absolute Gasteiger partial charge is 0.472 e. The van der Waals surface area contributed by atoms with Gasteiger partial charge in [-0.15, -0.1) is 0 Å². The highest BCUT2D eigenvalue weighted by Gasteiger charge is 2.41. The molecule has 3 aromatic rings. The number of carbonyl (C=O) groups is 1. The Labute approximate surface area is 169 Å². The van der Waals surface area contributed by atoms with Crippen molar-refractivity contribution in [2.24, 2.45) is 0 Å². The lowest BCUT2D eigenvalue weighted by atomic mass is 10.1. The molecule has 0 saturated carbocycles. The summed E-state index contributed by atoms with van der Waals surface area (Å²) in [5.41, 5.74) is 1.04. The number of amides is 1. The van der Waals surface area contributed by atoms with Gasteiger partial charge in [0, 0.05) is 6.54 Å². The van der Waals surface area contributed by atoms with Gasteiger partial charge in [-0.2, -0.15) is 13.2 Å². The molecule has 156 valence electrons. The lowest BCUT2D eigenvalue weighted by molar-refractivity contribution is -0.182. The third-order valence-electron chi connectivity index (χ3n) is 4.10. The summed E-state index contributed by atoms with van der Waals surface area (Å²) >= 11 is 0. The first-order valence-corrected chi connectivity index (χ1v) is 8.89. The van der Waals surface area contributed by atoms with Crippen LogP contribution >= 0.6 is 0 Å². The van der Waals surface area contributed by atoms with Crippen LogP contribution in [0.15, 0.2) is 67.0 Å². The molecule has 0 bridgehead atoms. The fourth-order valence-corrected chi connectivity index (χ4v) is 2.51. The first-order valence-electron chi connectivity index (χ1n) is 8.89. The van der Waals surface area contributed by atoms with Crippen LogP contribution in [0.1, 0.15) is 33.4 Å². The molecule has 1 unspecified atom stereocenters. The predicted molar refractivity (Wildman–Crippen MR) is 100 cm³/mol. The number of ether oxygens (including phenoxy) is 1. The molecular weight excluding hydrogens is 402 g/mol. The van der Waals surface area contributed by atoms with Crippen molar-refractivity contribution < 1.29 is 27.1 Å². The average Bonchev–Trinajstić information content (AvgIpc) is 2.76. The zero-order valence-electron chi connectivity index (χ0n) is 15.6. The highest BCUT2D eigenvalue weighted by atomic mass is 19.4. The van der Waals surface area contributed by atoms with E-state index in [2.05, 4.69) is 15.3 Å². The molecule has 0 aliphatic rings. The van der Waals surface area contributed by atoms with Crippen molar-refractivity contribution in [1.29, 1.82) is 0 Å². The Bertz CT molecular complexity index is 962. The van der Waals surface area contributed by atoms with E-state index in [0.29, 0.717) is 12.2 Å². The Hall–Kier alpha value is -3.49. The number of carbonyl (C=O) groups excluding carboxylic acids is 1. The van der Waals surface area contributed by atoms with Crippen molar-refractivity contribution in [3.63, 3.8) is 0 Å². The molecule has 0 radical (unpaired) electrons. The van der Waals surface area contributed by atoms with Crippen molar-refractivity contribution in [3.05, 3.63) is 89.4 Å². The van der Waals surface area contributed by atoms with Gasteiger partial charge in [-0.1, -0.05) is 54.6 Å². The lowest BCUT2D eigenvalue weighted by Gasteiger charge is -2.13. The second kappa shape index (κ2) is 9.34. The summed E-state index contributed by atoms with van der Waals surface area (Å²) in [6.07, 6.45) is -5.41. The molecule has 9 heteroatoms. The molecule has 1 atom stereocenters. The van der Waals surface area contributed by atoms with Crippen LogP contribution in [0.5, 0.6) is 5.88 Å².